The van der Waals surface area contributed by atoms with Gasteiger partial charge < -0.3 is 5.73 Å². The quantitative estimate of drug-likeness (QED) is 0.775. The van der Waals surface area contributed by atoms with Gasteiger partial charge in [-0.3, -0.25) is 4.79 Å². The molecule has 0 fully saturated rings. The number of carbonyl (C=O) groups is 1. The Morgan fingerprint density at radius 1 is 1.35 bits per heavy atom. The molecule has 0 heterocycles. The SMILES string of the molecule is N#Cc1ccc(Cl)c(N)c1C1=CC(=O)CCC1. The van der Waals surface area contributed by atoms with Gasteiger partial charge in [-0.2, -0.15) is 5.26 Å². The number of hydrogen-bond acceptors (Lipinski definition) is 3. The van der Waals surface area contributed by atoms with E-state index in [1.54, 1.807) is 18.2 Å². The molecule has 0 saturated heterocycles. The molecular weight excluding hydrogens is 236 g/mol. The highest BCUT2D eigenvalue weighted by Gasteiger charge is 2.18. The fourth-order valence-corrected chi connectivity index (χ4v) is 2.18. The Morgan fingerprint density at radius 2 is 2.12 bits per heavy atom. The lowest BCUT2D eigenvalue weighted by Crippen LogP contribution is -2.06. The molecule has 0 spiro atoms. The summed E-state index contributed by atoms with van der Waals surface area (Å²) < 4.78 is 0. The Balaban J connectivity index is 2.62. The van der Waals surface area contributed by atoms with E-state index in [-0.39, 0.29) is 5.78 Å². The Labute approximate surface area is 104 Å². The second-order valence-electron chi connectivity index (χ2n) is 3.98. The molecule has 2 N–H and O–H groups in total. The summed E-state index contributed by atoms with van der Waals surface area (Å²) in [7, 11) is 0. The lowest BCUT2D eigenvalue weighted by Gasteiger charge is -2.16. The van der Waals surface area contributed by atoms with Crippen molar-refractivity contribution in [1.82, 2.24) is 0 Å². The number of nitriles is 1. The van der Waals surface area contributed by atoms with E-state index < -0.39 is 0 Å². The van der Waals surface area contributed by atoms with Crippen molar-refractivity contribution >= 4 is 28.6 Å². The minimum absolute atomic E-state index is 0.0783. The third kappa shape index (κ3) is 2.17. The minimum atomic E-state index is 0.0783. The molecule has 0 radical (unpaired) electrons. The predicted molar refractivity (Wildman–Crippen MR) is 67.4 cm³/mol. The van der Waals surface area contributed by atoms with Crippen molar-refractivity contribution in [2.45, 2.75) is 19.3 Å². The van der Waals surface area contributed by atoms with Crippen LogP contribution in [0.2, 0.25) is 5.02 Å². The Morgan fingerprint density at radius 3 is 2.76 bits per heavy atom. The smallest absolute Gasteiger partial charge is 0.155 e. The van der Waals surface area contributed by atoms with Gasteiger partial charge in [0.25, 0.3) is 0 Å². The second kappa shape index (κ2) is 4.60. The number of allylic oxidation sites excluding steroid dienone is 2. The van der Waals surface area contributed by atoms with Crippen molar-refractivity contribution in [3.05, 3.63) is 34.4 Å². The van der Waals surface area contributed by atoms with Crippen LogP contribution in [0.4, 0.5) is 5.69 Å². The van der Waals surface area contributed by atoms with E-state index in [0.717, 1.165) is 18.4 Å². The van der Waals surface area contributed by atoms with Crippen LogP contribution in [0.25, 0.3) is 5.57 Å². The van der Waals surface area contributed by atoms with Gasteiger partial charge in [-0.25, -0.2) is 0 Å². The first-order chi connectivity index (χ1) is 8.13. The monoisotopic (exact) mass is 246 g/mol. The number of halogens is 1. The molecule has 0 bridgehead atoms. The van der Waals surface area contributed by atoms with Crippen LogP contribution in [0.3, 0.4) is 0 Å². The summed E-state index contributed by atoms with van der Waals surface area (Å²) >= 11 is 5.95. The van der Waals surface area contributed by atoms with E-state index in [2.05, 4.69) is 6.07 Å². The van der Waals surface area contributed by atoms with Gasteiger partial charge in [0.1, 0.15) is 0 Å². The zero-order valence-corrected chi connectivity index (χ0v) is 9.92. The van der Waals surface area contributed by atoms with Crippen molar-refractivity contribution < 1.29 is 4.79 Å². The molecule has 0 atom stereocenters. The molecule has 2 rings (SSSR count). The van der Waals surface area contributed by atoms with Crippen molar-refractivity contribution in [2.24, 2.45) is 0 Å². The van der Waals surface area contributed by atoms with Crippen molar-refractivity contribution in [1.29, 1.82) is 5.26 Å². The van der Waals surface area contributed by atoms with Crippen LogP contribution < -0.4 is 5.73 Å². The number of anilines is 1. The normalized spacial score (nSPS) is 15.3. The number of benzene rings is 1. The lowest BCUT2D eigenvalue weighted by molar-refractivity contribution is -0.114. The van der Waals surface area contributed by atoms with Gasteiger partial charge in [-0.05, 0) is 36.6 Å². The maximum absolute atomic E-state index is 11.4. The minimum Gasteiger partial charge on any atom is -0.397 e. The average Bonchev–Trinajstić information content (AvgIpc) is 2.32. The summed E-state index contributed by atoms with van der Waals surface area (Å²) in [6.07, 6.45) is 3.69. The highest BCUT2D eigenvalue weighted by molar-refractivity contribution is 6.33. The Hall–Kier alpha value is -1.79. The van der Waals surface area contributed by atoms with Gasteiger partial charge >= 0.3 is 0 Å². The molecule has 1 aromatic carbocycles. The fourth-order valence-electron chi connectivity index (χ4n) is 2.02. The summed E-state index contributed by atoms with van der Waals surface area (Å²) in [6.45, 7) is 0. The van der Waals surface area contributed by atoms with E-state index in [0.29, 0.717) is 28.3 Å². The van der Waals surface area contributed by atoms with E-state index in [9.17, 15) is 4.79 Å². The third-order valence-corrected chi connectivity index (χ3v) is 3.17. The first-order valence-electron chi connectivity index (χ1n) is 5.35. The number of nitrogen functional groups attached to an aromatic ring is 1. The van der Waals surface area contributed by atoms with Gasteiger partial charge in [0.05, 0.1) is 22.3 Å². The molecule has 0 unspecified atom stereocenters. The molecule has 86 valence electrons. The molecule has 1 aliphatic carbocycles. The van der Waals surface area contributed by atoms with E-state index in [1.165, 1.54) is 0 Å². The molecule has 4 heteroatoms. The highest BCUT2D eigenvalue weighted by Crippen LogP contribution is 2.35. The maximum atomic E-state index is 11.4. The van der Waals surface area contributed by atoms with Crippen LogP contribution in [-0.2, 0) is 4.79 Å². The predicted octanol–water partition coefficient (Wildman–Crippen LogP) is 2.93. The number of nitrogens with zero attached hydrogens (tertiary/aromatic N) is 1. The van der Waals surface area contributed by atoms with E-state index in [1.807, 2.05) is 0 Å². The lowest BCUT2D eigenvalue weighted by atomic mass is 9.89. The summed E-state index contributed by atoms with van der Waals surface area (Å²) in [5, 5.41) is 9.48. The molecule has 1 aromatic rings. The first-order valence-corrected chi connectivity index (χ1v) is 5.73. The van der Waals surface area contributed by atoms with Crippen LogP contribution in [0.15, 0.2) is 18.2 Å². The van der Waals surface area contributed by atoms with Gasteiger partial charge in [-0.15, -0.1) is 0 Å². The topological polar surface area (TPSA) is 66.9 Å². The average molecular weight is 247 g/mol. The molecule has 17 heavy (non-hydrogen) atoms. The number of rotatable bonds is 1. The standard InChI is InChI=1S/C13H11ClN2O/c14-11-5-4-9(7-15)12(13(11)16)8-2-1-3-10(17)6-8/h4-6H,1-3,16H2. The highest BCUT2D eigenvalue weighted by atomic mass is 35.5. The molecule has 1 aliphatic rings. The summed E-state index contributed by atoms with van der Waals surface area (Å²) in [5.74, 6) is 0.0783. The van der Waals surface area contributed by atoms with Crippen LogP contribution in [-0.4, -0.2) is 5.78 Å². The van der Waals surface area contributed by atoms with Crippen LogP contribution in [0, 0.1) is 11.3 Å². The summed E-state index contributed by atoms with van der Waals surface area (Å²) in [5.41, 5.74) is 8.18. The molecule has 0 amide bonds. The van der Waals surface area contributed by atoms with Crippen molar-refractivity contribution in [3.8, 4) is 6.07 Å². The van der Waals surface area contributed by atoms with Crippen LogP contribution >= 0.6 is 11.6 Å². The van der Waals surface area contributed by atoms with Gasteiger partial charge in [0.2, 0.25) is 0 Å². The zero-order chi connectivity index (χ0) is 12.4. The molecular formula is C13H11ClN2O. The van der Waals surface area contributed by atoms with Crippen molar-refractivity contribution in [2.75, 3.05) is 5.73 Å². The van der Waals surface area contributed by atoms with Crippen molar-refractivity contribution in [3.63, 3.8) is 0 Å². The first kappa shape index (κ1) is 11.7. The van der Waals surface area contributed by atoms with Gasteiger partial charge in [0, 0.05) is 12.0 Å². The van der Waals surface area contributed by atoms with E-state index >= 15 is 0 Å². The number of hydrogen-bond donors (Lipinski definition) is 1. The Kier molecular flexibility index (Phi) is 3.16. The van der Waals surface area contributed by atoms with Crippen LogP contribution in [0.1, 0.15) is 30.4 Å². The summed E-state index contributed by atoms with van der Waals surface area (Å²) in [4.78, 5) is 11.4. The second-order valence-corrected chi connectivity index (χ2v) is 4.39. The number of carbonyl (C=O) groups excluding carboxylic acids is 1. The molecule has 0 aromatic heterocycles. The third-order valence-electron chi connectivity index (χ3n) is 2.84. The largest absolute Gasteiger partial charge is 0.397 e. The number of nitrogens with two attached hydrogens (primary N) is 1. The molecule has 3 nitrogen and oxygen atoms in total. The van der Waals surface area contributed by atoms with Crippen LogP contribution in [0.5, 0.6) is 0 Å². The molecule has 0 aliphatic heterocycles. The summed E-state index contributed by atoms with van der Waals surface area (Å²) in [6, 6.07) is 5.32. The Bertz CT molecular complexity index is 555. The number of ketones is 1. The fraction of sp³-hybridized carbons (Fsp3) is 0.231. The molecule has 0 saturated carbocycles. The maximum Gasteiger partial charge on any atom is 0.155 e. The van der Waals surface area contributed by atoms with Gasteiger partial charge in [-0.1, -0.05) is 11.6 Å². The van der Waals surface area contributed by atoms with Gasteiger partial charge in [0.15, 0.2) is 5.78 Å². The zero-order valence-electron chi connectivity index (χ0n) is 9.16. The van der Waals surface area contributed by atoms with E-state index in [4.69, 9.17) is 22.6 Å².